The predicted molar refractivity (Wildman–Crippen MR) is 116 cm³/mol. The first-order chi connectivity index (χ1) is 13.3. The molecule has 4 rings (SSSR count). The van der Waals surface area contributed by atoms with Crippen LogP contribution < -0.4 is 0 Å². The quantitative estimate of drug-likeness (QED) is 0.345. The van der Waals surface area contributed by atoms with Gasteiger partial charge in [0.25, 0.3) is 0 Å². The van der Waals surface area contributed by atoms with Crippen LogP contribution in [-0.2, 0) is 11.2 Å². The third-order valence-corrected chi connectivity index (χ3v) is 4.97. The normalized spacial score (nSPS) is 11.9. The van der Waals surface area contributed by atoms with Crippen molar-refractivity contribution in [2.45, 2.75) is 32.8 Å². The van der Waals surface area contributed by atoms with Crippen LogP contribution in [-0.4, -0.2) is 21.2 Å². The molecule has 0 saturated heterocycles. The highest BCUT2D eigenvalue weighted by molar-refractivity contribution is 9.10. The number of benzene rings is 2. The molecule has 0 atom stereocenters. The van der Waals surface area contributed by atoms with E-state index >= 15 is 0 Å². The van der Waals surface area contributed by atoms with Crippen molar-refractivity contribution in [1.82, 2.24) is 9.55 Å². The largest absolute Gasteiger partial charge is 0.443 e. The summed E-state index contributed by atoms with van der Waals surface area (Å²) in [5, 5.41) is 3.41. The minimum atomic E-state index is -0.561. The molecule has 0 aliphatic rings. The number of hydrogen-bond acceptors (Lipinski definition) is 3. The van der Waals surface area contributed by atoms with E-state index in [-0.39, 0.29) is 0 Å². The van der Waals surface area contributed by atoms with Gasteiger partial charge in [-0.2, -0.15) is 0 Å². The number of hydrogen-bond donors (Lipinski definition) is 0. The first kappa shape index (κ1) is 18.7. The highest BCUT2D eigenvalue weighted by atomic mass is 79.9. The summed E-state index contributed by atoms with van der Waals surface area (Å²) in [6.45, 7) is 5.59. The van der Waals surface area contributed by atoms with Crippen molar-refractivity contribution >= 4 is 43.7 Å². The summed E-state index contributed by atoms with van der Waals surface area (Å²) in [4.78, 5) is 17.0. The minimum Gasteiger partial charge on any atom is -0.443 e. The second-order valence-electron chi connectivity index (χ2n) is 7.89. The standard InChI is InChI=1S/C23H21BrN2O2/c1-23(2,3)28-22(27)26-14-18(19-12-21(24)25-13-20(19)26)11-15-8-9-16-6-4-5-7-17(16)10-15/h4-10,12-14H,11H2,1-3H3. The lowest BCUT2D eigenvalue weighted by Gasteiger charge is -2.19. The molecule has 0 amide bonds. The number of ether oxygens (including phenoxy) is 1. The SMILES string of the molecule is CC(C)(C)OC(=O)n1cc(Cc2ccc3ccccc3c2)c2cc(Br)ncc21. The van der Waals surface area contributed by atoms with Crippen molar-refractivity contribution in [1.29, 1.82) is 0 Å². The maximum Gasteiger partial charge on any atom is 0.419 e. The molecule has 0 N–H and O–H groups in total. The van der Waals surface area contributed by atoms with Gasteiger partial charge in [0.05, 0.1) is 11.7 Å². The zero-order valence-corrected chi connectivity index (χ0v) is 17.7. The Bertz CT molecular complexity index is 1190. The van der Waals surface area contributed by atoms with Crippen molar-refractivity contribution in [3.63, 3.8) is 0 Å². The molecule has 142 valence electrons. The minimum absolute atomic E-state index is 0.397. The molecule has 0 aliphatic carbocycles. The molecule has 5 heteroatoms. The van der Waals surface area contributed by atoms with Gasteiger partial charge in [-0.25, -0.2) is 9.78 Å². The number of rotatable bonds is 2. The summed E-state index contributed by atoms with van der Waals surface area (Å²) >= 11 is 3.44. The van der Waals surface area contributed by atoms with Crippen LogP contribution in [0.25, 0.3) is 21.7 Å². The predicted octanol–water partition coefficient (Wildman–Crippen LogP) is 6.33. The molecule has 2 aromatic carbocycles. The maximum atomic E-state index is 12.7. The topological polar surface area (TPSA) is 44.1 Å². The highest BCUT2D eigenvalue weighted by Gasteiger charge is 2.21. The van der Waals surface area contributed by atoms with Gasteiger partial charge in [0.2, 0.25) is 0 Å². The first-order valence-corrected chi connectivity index (χ1v) is 9.96. The molecule has 0 saturated carbocycles. The van der Waals surface area contributed by atoms with Crippen molar-refractivity contribution in [3.8, 4) is 0 Å². The Morgan fingerprint density at radius 2 is 1.86 bits per heavy atom. The van der Waals surface area contributed by atoms with Gasteiger partial charge >= 0.3 is 6.09 Å². The lowest BCUT2D eigenvalue weighted by atomic mass is 10.0. The van der Waals surface area contributed by atoms with Crippen LogP contribution >= 0.6 is 15.9 Å². The van der Waals surface area contributed by atoms with E-state index in [0.29, 0.717) is 6.42 Å². The Morgan fingerprint density at radius 3 is 2.61 bits per heavy atom. The van der Waals surface area contributed by atoms with E-state index in [1.54, 1.807) is 10.8 Å². The fourth-order valence-corrected chi connectivity index (χ4v) is 3.67. The van der Waals surface area contributed by atoms with Crippen LogP contribution in [0.3, 0.4) is 0 Å². The Balaban J connectivity index is 1.77. The van der Waals surface area contributed by atoms with E-state index < -0.39 is 11.7 Å². The van der Waals surface area contributed by atoms with Gasteiger partial charge < -0.3 is 4.74 Å². The average molecular weight is 437 g/mol. The summed E-state index contributed by atoms with van der Waals surface area (Å²) in [6, 6.07) is 16.7. The molecule has 4 nitrogen and oxygen atoms in total. The van der Waals surface area contributed by atoms with Gasteiger partial charge in [-0.1, -0.05) is 42.5 Å². The summed E-state index contributed by atoms with van der Waals surface area (Å²) < 4.78 is 7.86. The second kappa shape index (κ2) is 7.06. The summed E-state index contributed by atoms with van der Waals surface area (Å²) in [7, 11) is 0. The number of carbonyl (C=O) groups is 1. The zero-order chi connectivity index (χ0) is 19.9. The summed E-state index contributed by atoms with van der Waals surface area (Å²) in [5.74, 6) is 0. The van der Waals surface area contributed by atoms with Crippen molar-refractivity contribution in [3.05, 3.63) is 76.7 Å². The smallest absolute Gasteiger partial charge is 0.419 e. The molecule has 0 spiro atoms. The molecular weight excluding hydrogens is 416 g/mol. The van der Waals surface area contributed by atoms with Crippen molar-refractivity contribution in [2.24, 2.45) is 0 Å². The Hall–Kier alpha value is -2.66. The number of halogens is 1. The number of pyridine rings is 1. The monoisotopic (exact) mass is 436 g/mol. The molecule has 0 fully saturated rings. The first-order valence-electron chi connectivity index (χ1n) is 9.17. The van der Waals surface area contributed by atoms with Crippen LogP contribution in [0.4, 0.5) is 4.79 Å². The number of fused-ring (bicyclic) bond motifs is 2. The Labute approximate surface area is 172 Å². The highest BCUT2D eigenvalue weighted by Crippen LogP contribution is 2.27. The average Bonchev–Trinajstić information content (AvgIpc) is 2.98. The van der Waals surface area contributed by atoms with Gasteiger partial charge in [0, 0.05) is 11.6 Å². The molecule has 2 heterocycles. The third kappa shape index (κ3) is 3.80. The van der Waals surface area contributed by atoms with E-state index in [1.807, 2.05) is 45.2 Å². The van der Waals surface area contributed by atoms with Crippen LogP contribution in [0, 0.1) is 0 Å². The Morgan fingerprint density at radius 1 is 1.11 bits per heavy atom. The van der Waals surface area contributed by atoms with Gasteiger partial charge in [-0.15, -0.1) is 0 Å². The van der Waals surface area contributed by atoms with E-state index in [2.05, 4.69) is 51.2 Å². The van der Waals surface area contributed by atoms with Crippen LogP contribution in [0.2, 0.25) is 0 Å². The molecule has 0 aliphatic heterocycles. The molecule has 0 bridgehead atoms. The molecule has 28 heavy (non-hydrogen) atoms. The van der Waals surface area contributed by atoms with E-state index in [9.17, 15) is 4.79 Å². The maximum absolute atomic E-state index is 12.7. The number of nitrogens with zero attached hydrogens (tertiary/aromatic N) is 2. The van der Waals surface area contributed by atoms with Gasteiger partial charge in [-0.3, -0.25) is 4.57 Å². The number of aromatic nitrogens is 2. The van der Waals surface area contributed by atoms with Gasteiger partial charge in [0.15, 0.2) is 0 Å². The molecule has 0 radical (unpaired) electrons. The lowest BCUT2D eigenvalue weighted by molar-refractivity contribution is 0.0544. The third-order valence-electron chi connectivity index (χ3n) is 4.54. The van der Waals surface area contributed by atoms with Gasteiger partial charge in [-0.05, 0) is 71.1 Å². The van der Waals surface area contributed by atoms with E-state index in [1.165, 1.54) is 16.3 Å². The van der Waals surface area contributed by atoms with Gasteiger partial charge in [0.1, 0.15) is 10.2 Å². The molecule has 0 unspecified atom stereocenters. The van der Waals surface area contributed by atoms with Crippen LogP contribution in [0.15, 0.2) is 65.5 Å². The van der Waals surface area contributed by atoms with Crippen molar-refractivity contribution in [2.75, 3.05) is 0 Å². The summed E-state index contributed by atoms with van der Waals surface area (Å²) in [5.41, 5.74) is 2.43. The number of carbonyl (C=O) groups excluding carboxylic acids is 1. The fraction of sp³-hybridized carbons (Fsp3) is 0.217. The fourth-order valence-electron chi connectivity index (χ4n) is 3.34. The van der Waals surface area contributed by atoms with Crippen LogP contribution in [0.5, 0.6) is 0 Å². The zero-order valence-electron chi connectivity index (χ0n) is 16.1. The van der Waals surface area contributed by atoms with E-state index in [0.717, 1.165) is 21.1 Å². The van der Waals surface area contributed by atoms with E-state index in [4.69, 9.17) is 4.74 Å². The second-order valence-corrected chi connectivity index (χ2v) is 8.70. The molecule has 4 aromatic rings. The Kier molecular flexibility index (Phi) is 4.71. The lowest BCUT2D eigenvalue weighted by Crippen LogP contribution is -2.26. The molecule has 2 aromatic heterocycles. The summed E-state index contributed by atoms with van der Waals surface area (Å²) in [6.07, 6.45) is 3.88. The molecular formula is C23H21BrN2O2. The van der Waals surface area contributed by atoms with Crippen LogP contribution in [0.1, 0.15) is 31.9 Å². The van der Waals surface area contributed by atoms with Crippen molar-refractivity contribution < 1.29 is 9.53 Å².